The summed E-state index contributed by atoms with van der Waals surface area (Å²) in [6.07, 6.45) is -2.13. The second kappa shape index (κ2) is 4.81. The fourth-order valence-electron chi connectivity index (χ4n) is 1.96. The van der Waals surface area contributed by atoms with Crippen LogP contribution in [0.1, 0.15) is 26.2 Å². The number of nitrogens with one attached hydrogen (secondary N) is 1. The van der Waals surface area contributed by atoms with Gasteiger partial charge in [0, 0.05) is 12.8 Å². The van der Waals surface area contributed by atoms with Gasteiger partial charge in [-0.15, -0.1) is 0 Å². The number of carbonyl (C=O) groups excluding carboxylic acids is 2. The number of halogens is 2. The van der Waals surface area contributed by atoms with E-state index in [2.05, 4.69) is 6.58 Å². The molecule has 0 aromatic heterocycles. The zero-order chi connectivity index (χ0) is 13.2. The number of carbonyl (C=O) groups is 2. The van der Waals surface area contributed by atoms with Gasteiger partial charge in [0.15, 0.2) is 5.78 Å². The fraction of sp³-hybridized carbons (Fsp3) is 0.636. The van der Waals surface area contributed by atoms with Gasteiger partial charge in [0.1, 0.15) is 6.09 Å². The van der Waals surface area contributed by atoms with Crippen LogP contribution in [0.3, 0.4) is 0 Å². The van der Waals surface area contributed by atoms with Gasteiger partial charge in [-0.3, -0.25) is 4.79 Å². The number of hydrogen-bond acceptors (Lipinski definition) is 3. The predicted octanol–water partition coefficient (Wildman–Crippen LogP) is 0.868. The third-order valence-electron chi connectivity index (χ3n) is 2.77. The van der Waals surface area contributed by atoms with Crippen molar-refractivity contribution in [2.24, 2.45) is 5.92 Å². The zero-order valence-corrected chi connectivity index (χ0v) is 9.46. The van der Waals surface area contributed by atoms with E-state index in [0.717, 1.165) is 0 Å². The van der Waals surface area contributed by atoms with Crippen molar-refractivity contribution in [2.75, 3.05) is 0 Å². The first-order chi connectivity index (χ1) is 7.71. The first kappa shape index (κ1) is 13.6. The van der Waals surface area contributed by atoms with Crippen molar-refractivity contribution in [1.82, 2.24) is 5.32 Å². The maximum Gasteiger partial charge on any atom is 0.248 e. The lowest BCUT2D eigenvalue weighted by Crippen LogP contribution is -2.50. The van der Waals surface area contributed by atoms with Crippen molar-refractivity contribution in [1.29, 1.82) is 0 Å². The summed E-state index contributed by atoms with van der Waals surface area (Å²) in [6, 6.07) is -1.03. The van der Waals surface area contributed by atoms with E-state index in [1.54, 1.807) is 0 Å². The van der Waals surface area contributed by atoms with Gasteiger partial charge in [-0.2, -0.15) is 0 Å². The molecule has 1 amide bonds. The Hall–Kier alpha value is -1.46. The summed E-state index contributed by atoms with van der Waals surface area (Å²) in [5, 5.41) is 12.3. The van der Waals surface area contributed by atoms with Crippen molar-refractivity contribution in [2.45, 2.75) is 38.2 Å². The highest BCUT2D eigenvalue weighted by Gasteiger charge is 2.46. The molecule has 1 aliphatic rings. The molecule has 0 saturated heterocycles. The lowest BCUT2D eigenvalue weighted by atomic mass is 9.76. The molecule has 1 rings (SSSR count). The SMILES string of the molecule is C=C(C)C(=O)C(CC1CC(F)(F)C1)NC(=O)[O-]. The Bertz CT molecular complexity index is 347. The minimum atomic E-state index is -2.68. The van der Waals surface area contributed by atoms with E-state index in [1.165, 1.54) is 6.92 Å². The van der Waals surface area contributed by atoms with Gasteiger partial charge in [0.05, 0.1) is 6.04 Å². The van der Waals surface area contributed by atoms with E-state index in [9.17, 15) is 23.5 Å². The van der Waals surface area contributed by atoms with Crippen LogP contribution in [0.5, 0.6) is 0 Å². The molecule has 0 spiro atoms. The van der Waals surface area contributed by atoms with Crippen molar-refractivity contribution >= 4 is 11.9 Å². The highest BCUT2D eigenvalue weighted by molar-refractivity contribution is 5.99. The molecule has 6 heteroatoms. The third-order valence-corrected chi connectivity index (χ3v) is 2.77. The maximum absolute atomic E-state index is 12.6. The summed E-state index contributed by atoms with van der Waals surface area (Å²) in [5.74, 6) is -3.50. The number of ketones is 1. The number of alkyl halides is 2. The summed E-state index contributed by atoms with van der Waals surface area (Å²) in [4.78, 5) is 22.0. The van der Waals surface area contributed by atoms with Crippen LogP contribution in [0.2, 0.25) is 0 Å². The molecule has 0 heterocycles. The molecule has 1 fully saturated rings. The van der Waals surface area contributed by atoms with Crippen LogP contribution in [0, 0.1) is 5.92 Å². The molecule has 0 aliphatic heterocycles. The van der Waals surface area contributed by atoms with E-state index in [0.29, 0.717) is 0 Å². The van der Waals surface area contributed by atoms with Gasteiger partial charge in [0.2, 0.25) is 5.92 Å². The van der Waals surface area contributed by atoms with Gasteiger partial charge in [-0.25, -0.2) is 8.78 Å². The summed E-state index contributed by atoms with van der Waals surface area (Å²) >= 11 is 0. The number of rotatable bonds is 5. The standard InChI is InChI=1S/C11H15F2NO3/c1-6(2)9(15)8(14-10(16)17)3-7-4-11(12,13)5-7/h7-8,14H,1,3-5H2,2H3,(H,16,17)/p-1. The number of carboxylic acid groups (broad SMARTS) is 1. The Morgan fingerprint density at radius 1 is 1.53 bits per heavy atom. The molecule has 0 aromatic rings. The first-order valence-electron chi connectivity index (χ1n) is 5.26. The van der Waals surface area contributed by atoms with Crippen LogP contribution >= 0.6 is 0 Å². The van der Waals surface area contributed by atoms with Crippen LogP contribution < -0.4 is 10.4 Å². The Kier molecular flexibility index (Phi) is 3.85. The molecule has 1 unspecified atom stereocenters. The van der Waals surface area contributed by atoms with Gasteiger partial charge < -0.3 is 15.2 Å². The zero-order valence-electron chi connectivity index (χ0n) is 9.46. The van der Waals surface area contributed by atoms with Crippen molar-refractivity contribution in [3.63, 3.8) is 0 Å². The van der Waals surface area contributed by atoms with E-state index >= 15 is 0 Å². The van der Waals surface area contributed by atoms with E-state index in [-0.39, 0.29) is 30.8 Å². The van der Waals surface area contributed by atoms with Crippen LogP contribution in [0.4, 0.5) is 13.6 Å². The number of Topliss-reactive ketones (excluding diaryl/α,β-unsaturated/α-hetero) is 1. The van der Waals surface area contributed by atoms with Crippen LogP contribution in [0.15, 0.2) is 12.2 Å². The molecule has 1 aliphatic carbocycles. The number of hydrogen-bond donors (Lipinski definition) is 1. The van der Waals surface area contributed by atoms with Crippen molar-refractivity contribution in [3.8, 4) is 0 Å². The lowest BCUT2D eigenvalue weighted by Gasteiger charge is -2.37. The van der Waals surface area contributed by atoms with Gasteiger partial charge in [0.25, 0.3) is 0 Å². The second-order valence-corrected chi connectivity index (χ2v) is 4.49. The topological polar surface area (TPSA) is 69.2 Å². The Balaban J connectivity index is 2.56. The molecule has 0 bridgehead atoms. The Labute approximate surface area is 97.7 Å². The summed E-state index contributed by atoms with van der Waals surface area (Å²) in [7, 11) is 0. The van der Waals surface area contributed by atoms with Crippen molar-refractivity contribution < 1.29 is 23.5 Å². The average Bonchev–Trinajstić information content (AvgIpc) is 2.11. The third kappa shape index (κ3) is 3.80. The molecule has 0 aromatic carbocycles. The van der Waals surface area contributed by atoms with Crippen LogP contribution in [0.25, 0.3) is 0 Å². The minimum Gasteiger partial charge on any atom is -0.530 e. The molecule has 96 valence electrons. The molecule has 17 heavy (non-hydrogen) atoms. The summed E-state index contributed by atoms with van der Waals surface area (Å²) in [6.45, 7) is 4.86. The summed E-state index contributed by atoms with van der Waals surface area (Å²) < 4.78 is 25.2. The Morgan fingerprint density at radius 2 is 2.06 bits per heavy atom. The molecule has 1 saturated carbocycles. The smallest absolute Gasteiger partial charge is 0.248 e. The average molecular weight is 246 g/mol. The molecular formula is C11H14F2NO3-. The second-order valence-electron chi connectivity index (χ2n) is 4.49. The van der Waals surface area contributed by atoms with E-state index in [4.69, 9.17) is 0 Å². The molecule has 1 atom stereocenters. The quantitative estimate of drug-likeness (QED) is 0.732. The normalized spacial score (nSPS) is 20.2. The molecular weight excluding hydrogens is 232 g/mol. The first-order valence-corrected chi connectivity index (χ1v) is 5.26. The fourth-order valence-corrected chi connectivity index (χ4v) is 1.96. The monoisotopic (exact) mass is 246 g/mol. The van der Waals surface area contributed by atoms with E-state index < -0.39 is 23.8 Å². The van der Waals surface area contributed by atoms with Crippen LogP contribution in [-0.4, -0.2) is 23.8 Å². The van der Waals surface area contributed by atoms with E-state index in [1.807, 2.05) is 5.32 Å². The van der Waals surface area contributed by atoms with Gasteiger partial charge in [-0.1, -0.05) is 6.58 Å². The van der Waals surface area contributed by atoms with Crippen molar-refractivity contribution in [3.05, 3.63) is 12.2 Å². The number of amides is 1. The highest BCUT2D eigenvalue weighted by atomic mass is 19.3. The lowest BCUT2D eigenvalue weighted by molar-refractivity contribution is -0.251. The molecule has 0 radical (unpaired) electrons. The Morgan fingerprint density at radius 3 is 2.41 bits per heavy atom. The highest BCUT2D eigenvalue weighted by Crippen LogP contribution is 2.44. The maximum atomic E-state index is 12.6. The van der Waals surface area contributed by atoms with Crippen LogP contribution in [-0.2, 0) is 4.79 Å². The van der Waals surface area contributed by atoms with Gasteiger partial charge in [-0.05, 0) is 24.8 Å². The molecule has 4 nitrogen and oxygen atoms in total. The predicted molar refractivity (Wildman–Crippen MR) is 54.4 cm³/mol. The summed E-state index contributed by atoms with van der Waals surface area (Å²) in [5.41, 5.74) is 0.190. The van der Waals surface area contributed by atoms with Gasteiger partial charge >= 0.3 is 0 Å². The minimum absolute atomic E-state index is 0.0647. The molecule has 1 N–H and O–H groups in total. The largest absolute Gasteiger partial charge is 0.530 e.